The predicted molar refractivity (Wildman–Crippen MR) is 73.2 cm³/mol. The molecule has 0 saturated heterocycles. The molecule has 5 heteroatoms. The minimum atomic E-state index is 0.473. The average Bonchev–Trinajstić information content (AvgIpc) is 3.01. The Morgan fingerprint density at radius 2 is 2.32 bits per heavy atom. The van der Waals surface area contributed by atoms with Crippen molar-refractivity contribution in [3.05, 3.63) is 23.0 Å². The molecule has 0 amide bonds. The summed E-state index contributed by atoms with van der Waals surface area (Å²) in [6.45, 7) is 7.45. The monoisotopic (exact) mass is 255 g/mol. The molecule has 19 heavy (non-hydrogen) atoms. The SMILES string of the molecule is CCC(C)N1CCc2c(C)nc3c(C#N)cnn3c21. The van der Waals surface area contributed by atoms with Gasteiger partial charge in [0.15, 0.2) is 5.65 Å². The van der Waals surface area contributed by atoms with Crippen LogP contribution in [-0.2, 0) is 6.42 Å². The van der Waals surface area contributed by atoms with Gasteiger partial charge in [0.05, 0.1) is 6.20 Å². The van der Waals surface area contributed by atoms with Crippen LogP contribution in [0.3, 0.4) is 0 Å². The fraction of sp³-hybridized carbons (Fsp3) is 0.500. The maximum Gasteiger partial charge on any atom is 0.175 e. The molecule has 1 aliphatic heterocycles. The molecule has 0 aromatic carbocycles. The normalized spacial score (nSPS) is 15.6. The number of aromatic nitrogens is 3. The van der Waals surface area contributed by atoms with E-state index in [4.69, 9.17) is 5.26 Å². The third kappa shape index (κ3) is 1.60. The maximum atomic E-state index is 9.13. The van der Waals surface area contributed by atoms with Crippen LogP contribution in [0.15, 0.2) is 6.20 Å². The molecule has 98 valence electrons. The van der Waals surface area contributed by atoms with Crippen LogP contribution in [-0.4, -0.2) is 27.2 Å². The Hall–Kier alpha value is -2.09. The zero-order chi connectivity index (χ0) is 13.6. The van der Waals surface area contributed by atoms with E-state index in [0.717, 1.165) is 30.9 Å². The summed E-state index contributed by atoms with van der Waals surface area (Å²) in [4.78, 5) is 6.93. The second-order valence-corrected chi connectivity index (χ2v) is 5.11. The van der Waals surface area contributed by atoms with Crippen molar-refractivity contribution in [3.63, 3.8) is 0 Å². The Kier molecular flexibility index (Phi) is 2.67. The summed E-state index contributed by atoms with van der Waals surface area (Å²) in [6, 6.07) is 2.64. The standard InChI is InChI=1S/C14H17N5/c1-4-9(2)18-6-5-12-10(3)17-13-11(7-15)8-16-19(13)14(12)18/h8-9H,4-6H2,1-3H3. The highest BCUT2D eigenvalue weighted by molar-refractivity contribution is 5.65. The summed E-state index contributed by atoms with van der Waals surface area (Å²) in [7, 11) is 0. The molecule has 0 N–H and O–H groups in total. The zero-order valence-electron chi connectivity index (χ0n) is 11.5. The first-order chi connectivity index (χ1) is 9.17. The predicted octanol–water partition coefficient (Wildman–Crippen LogP) is 2.07. The molecule has 0 fully saturated rings. The number of nitriles is 1. The quantitative estimate of drug-likeness (QED) is 0.824. The molecular weight excluding hydrogens is 238 g/mol. The van der Waals surface area contributed by atoms with E-state index >= 15 is 0 Å². The van der Waals surface area contributed by atoms with E-state index in [-0.39, 0.29) is 0 Å². The summed E-state index contributed by atoms with van der Waals surface area (Å²) >= 11 is 0. The smallest absolute Gasteiger partial charge is 0.175 e. The Bertz CT molecular complexity index is 679. The van der Waals surface area contributed by atoms with Crippen molar-refractivity contribution in [1.29, 1.82) is 5.26 Å². The molecule has 0 saturated carbocycles. The summed E-state index contributed by atoms with van der Waals surface area (Å²) in [5, 5.41) is 13.5. The number of rotatable bonds is 2. The Labute approximate surface area is 112 Å². The van der Waals surface area contributed by atoms with Crippen molar-refractivity contribution < 1.29 is 0 Å². The second kappa shape index (κ2) is 4.23. The van der Waals surface area contributed by atoms with Crippen molar-refractivity contribution in [2.45, 2.75) is 39.7 Å². The van der Waals surface area contributed by atoms with Gasteiger partial charge in [-0.1, -0.05) is 6.92 Å². The number of hydrogen-bond acceptors (Lipinski definition) is 4. The first-order valence-electron chi connectivity index (χ1n) is 6.71. The fourth-order valence-electron chi connectivity index (χ4n) is 2.77. The van der Waals surface area contributed by atoms with Gasteiger partial charge >= 0.3 is 0 Å². The molecule has 1 unspecified atom stereocenters. The van der Waals surface area contributed by atoms with Gasteiger partial charge in [-0.05, 0) is 26.7 Å². The topological polar surface area (TPSA) is 57.2 Å². The Morgan fingerprint density at radius 3 is 3.00 bits per heavy atom. The Balaban J connectivity index is 2.28. The molecule has 1 atom stereocenters. The van der Waals surface area contributed by atoms with Crippen LogP contribution in [0.25, 0.3) is 5.65 Å². The number of hydrogen-bond donors (Lipinski definition) is 0. The van der Waals surface area contributed by atoms with E-state index in [0.29, 0.717) is 17.3 Å². The van der Waals surface area contributed by atoms with Gasteiger partial charge in [0.2, 0.25) is 0 Å². The van der Waals surface area contributed by atoms with Gasteiger partial charge in [0.1, 0.15) is 17.5 Å². The first-order valence-corrected chi connectivity index (χ1v) is 6.71. The molecule has 0 spiro atoms. The molecule has 0 bridgehead atoms. The third-order valence-electron chi connectivity index (χ3n) is 4.04. The average molecular weight is 255 g/mol. The molecule has 0 radical (unpaired) electrons. The lowest BCUT2D eigenvalue weighted by atomic mass is 10.2. The summed E-state index contributed by atoms with van der Waals surface area (Å²) in [5.74, 6) is 1.12. The lowest BCUT2D eigenvalue weighted by Crippen LogP contribution is -2.32. The summed E-state index contributed by atoms with van der Waals surface area (Å²) in [6.07, 6.45) is 3.71. The van der Waals surface area contributed by atoms with Crippen LogP contribution < -0.4 is 4.90 Å². The summed E-state index contributed by atoms with van der Waals surface area (Å²) < 4.78 is 1.83. The van der Waals surface area contributed by atoms with Crippen molar-refractivity contribution in [2.24, 2.45) is 0 Å². The van der Waals surface area contributed by atoms with Crippen LogP contribution in [0.4, 0.5) is 5.82 Å². The number of fused-ring (bicyclic) bond motifs is 3. The Morgan fingerprint density at radius 1 is 1.53 bits per heavy atom. The van der Waals surface area contributed by atoms with E-state index < -0.39 is 0 Å². The molecule has 2 aromatic rings. The van der Waals surface area contributed by atoms with Gasteiger partial charge in [-0.25, -0.2) is 4.98 Å². The van der Waals surface area contributed by atoms with Crippen LogP contribution in [0.5, 0.6) is 0 Å². The molecule has 2 aromatic heterocycles. The van der Waals surface area contributed by atoms with Gasteiger partial charge in [-0.3, -0.25) is 0 Å². The van der Waals surface area contributed by atoms with E-state index in [1.807, 2.05) is 11.4 Å². The van der Waals surface area contributed by atoms with E-state index in [2.05, 4.69) is 34.9 Å². The number of anilines is 1. The highest BCUT2D eigenvalue weighted by Crippen LogP contribution is 2.32. The first kappa shape index (κ1) is 12.0. The van der Waals surface area contributed by atoms with Gasteiger partial charge in [-0.2, -0.15) is 14.9 Å². The van der Waals surface area contributed by atoms with Crippen molar-refractivity contribution in [2.75, 3.05) is 11.4 Å². The van der Waals surface area contributed by atoms with Crippen LogP contribution in [0.1, 0.15) is 37.1 Å². The van der Waals surface area contributed by atoms with Gasteiger partial charge < -0.3 is 4.90 Å². The van der Waals surface area contributed by atoms with E-state index in [1.54, 1.807) is 6.20 Å². The highest BCUT2D eigenvalue weighted by Gasteiger charge is 2.28. The lowest BCUT2D eigenvalue weighted by molar-refractivity contribution is 0.623. The largest absolute Gasteiger partial charge is 0.353 e. The minimum Gasteiger partial charge on any atom is -0.353 e. The van der Waals surface area contributed by atoms with Crippen LogP contribution >= 0.6 is 0 Å². The molecule has 0 aliphatic carbocycles. The molecule has 3 heterocycles. The summed E-state index contributed by atoms with van der Waals surface area (Å²) in [5.41, 5.74) is 3.50. The van der Waals surface area contributed by atoms with Gasteiger partial charge in [0, 0.05) is 23.8 Å². The van der Waals surface area contributed by atoms with E-state index in [9.17, 15) is 0 Å². The number of aryl methyl sites for hydroxylation is 1. The second-order valence-electron chi connectivity index (χ2n) is 5.11. The van der Waals surface area contributed by atoms with Crippen LogP contribution in [0.2, 0.25) is 0 Å². The van der Waals surface area contributed by atoms with Crippen molar-refractivity contribution >= 4 is 11.5 Å². The molecule has 1 aliphatic rings. The molecule has 5 nitrogen and oxygen atoms in total. The lowest BCUT2D eigenvalue weighted by Gasteiger charge is -2.26. The van der Waals surface area contributed by atoms with Crippen LogP contribution in [0, 0.1) is 18.3 Å². The van der Waals surface area contributed by atoms with E-state index in [1.165, 1.54) is 5.56 Å². The minimum absolute atomic E-state index is 0.473. The van der Waals surface area contributed by atoms with Crippen molar-refractivity contribution in [3.8, 4) is 6.07 Å². The van der Waals surface area contributed by atoms with Crippen molar-refractivity contribution in [1.82, 2.24) is 14.6 Å². The zero-order valence-corrected chi connectivity index (χ0v) is 11.5. The highest BCUT2D eigenvalue weighted by atomic mass is 15.4. The maximum absolute atomic E-state index is 9.13. The molecule has 3 rings (SSSR count). The van der Waals surface area contributed by atoms with Gasteiger partial charge in [0.25, 0.3) is 0 Å². The number of nitrogens with zero attached hydrogens (tertiary/aromatic N) is 5. The third-order valence-corrected chi connectivity index (χ3v) is 4.04. The van der Waals surface area contributed by atoms with Gasteiger partial charge in [-0.15, -0.1) is 0 Å². The fourth-order valence-corrected chi connectivity index (χ4v) is 2.77. The molecular formula is C14H17N5.